The Morgan fingerprint density at radius 3 is 2.41 bits per heavy atom. The first-order valence-electron chi connectivity index (χ1n) is 10.5. The van der Waals surface area contributed by atoms with Crippen molar-refractivity contribution in [3.8, 4) is 0 Å². The highest BCUT2D eigenvalue weighted by atomic mass is 32.2. The largest absolute Gasteiger partial charge is 0.501 e. The zero-order chi connectivity index (χ0) is 22.9. The molecule has 3 amide bonds. The summed E-state index contributed by atoms with van der Waals surface area (Å²) in [6.07, 6.45) is 5.54. The van der Waals surface area contributed by atoms with Gasteiger partial charge in [0.15, 0.2) is 0 Å². The number of urea groups is 1. The number of nitrogens with zero attached hydrogens (tertiary/aromatic N) is 3. The molecule has 2 spiro atoms. The predicted octanol–water partition coefficient (Wildman–Crippen LogP) is 1.71. The number of sulfone groups is 1. The Bertz CT molecular complexity index is 1070. The van der Waals surface area contributed by atoms with Crippen LogP contribution in [-0.2, 0) is 21.1 Å². The zero-order valence-electron chi connectivity index (χ0n) is 17.2. The van der Waals surface area contributed by atoms with Crippen molar-refractivity contribution in [1.82, 2.24) is 20.1 Å². The number of amides is 3. The molecule has 1 aliphatic carbocycles. The van der Waals surface area contributed by atoms with Gasteiger partial charge in [0.25, 0.3) is 9.84 Å². The third-order valence-electron chi connectivity index (χ3n) is 7.17. The minimum absolute atomic E-state index is 0.0138. The van der Waals surface area contributed by atoms with Crippen LogP contribution >= 0.6 is 0 Å². The van der Waals surface area contributed by atoms with Gasteiger partial charge in [-0.15, -0.1) is 0 Å². The highest BCUT2D eigenvalue weighted by Crippen LogP contribution is 2.53. The third kappa shape index (κ3) is 3.43. The number of pyridine rings is 1. The van der Waals surface area contributed by atoms with Gasteiger partial charge < -0.3 is 15.1 Å². The highest BCUT2D eigenvalue weighted by Gasteiger charge is 2.56. The number of alkyl halides is 3. The smallest absolute Gasteiger partial charge is 0.347 e. The van der Waals surface area contributed by atoms with E-state index >= 15 is 0 Å². The van der Waals surface area contributed by atoms with Crippen molar-refractivity contribution in [1.29, 1.82) is 0 Å². The second-order valence-corrected chi connectivity index (χ2v) is 11.7. The maximum Gasteiger partial charge on any atom is 0.501 e. The summed E-state index contributed by atoms with van der Waals surface area (Å²) >= 11 is 0. The van der Waals surface area contributed by atoms with Gasteiger partial charge in [-0.05, 0) is 43.2 Å². The maximum atomic E-state index is 12.8. The van der Waals surface area contributed by atoms with Crippen LogP contribution in [-0.4, -0.2) is 72.4 Å². The fourth-order valence-electron chi connectivity index (χ4n) is 5.69. The van der Waals surface area contributed by atoms with Crippen LogP contribution in [0, 0.1) is 11.3 Å². The van der Waals surface area contributed by atoms with Crippen LogP contribution in [0.2, 0.25) is 0 Å². The molecule has 4 heterocycles. The normalized spacial score (nSPS) is 24.2. The van der Waals surface area contributed by atoms with Gasteiger partial charge in [0.05, 0.1) is 10.4 Å². The third-order valence-corrected chi connectivity index (χ3v) is 8.62. The highest BCUT2D eigenvalue weighted by molar-refractivity contribution is 7.92. The number of carbonyl (C=O) groups excluding carboxylic acids is 2. The van der Waals surface area contributed by atoms with Gasteiger partial charge in [-0.1, -0.05) is 0 Å². The second kappa shape index (κ2) is 6.82. The number of likely N-dealkylation sites (tertiary alicyclic amines) is 2. The molecule has 12 heteroatoms. The lowest BCUT2D eigenvalue weighted by Gasteiger charge is -2.61. The van der Waals surface area contributed by atoms with Gasteiger partial charge in [-0.3, -0.25) is 9.78 Å². The minimum atomic E-state index is -5.41. The molecule has 0 radical (unpaired) electrons. The molecule has 4 aliphatic rings. The van der Waals surface area contributed by atoms with Crippen molar-refractivity contribution in [2.24, 2.45) is 11.3 Å². The van der Waals surface area contributed by atoms with E-state index in [0.29, 0.717) is 44.6 Å². The Hall–Kier alpha value is -2.37. The van der Waals surface area contributed by atoms with E-state index in [1.165, 1.54) is 6.20 Å². The Kier molecular flexibility index (Phi) is 4.57. The van der Waals surface area contributed by atoms with Gasteiger partial charge in [0, 0.05) is 50.4 Å². The van der Waals surface area contributed by atoms with Gasteiger partial charge in [-0.25, -0.2) is 13.2 Å². The lowest BCUT2D eigenvalue weighted by Crippen LogP contribution is -2.73. The Labute approximate surface area is 183 Å². The zero-order valence-corrected chi connectivity index (χ0v) is 18.0. The van der Waals surface area contributed by atoms with Crippen molar-refractivity contribution in [3.05, 3.63) is 24.0 Å². The first-order valence-corrected chi connectivity index (χ1v) is 12.0. The number of hydrogen-bond acceptors (Lipinski definition) is 5. The summed E-state index contributed by atoms with van der Waals surface area (Å²) in [5.74, 6) is 0.260. The summed E-state index contributed by atoms with van der Waals surface area (Å²) in [7, 11) is -5.41. The Morgan fingerprint density at radius 1 is 1.16 bits per heavy atom. The summed E-state index contributed by atoms with van der Waals surface area (Å²) in [5, 5.41) is 2.96. The molecule has 4 fully saturated rings. The first-order chi connectivity index (χ1) is 14.9. The molecule has 1 N–H and O–H groups in total. The number of rotatable bonds is 3. The number of hydrogen-bond donors (Lipinski definition) is 1. The average Bonchev–Trinajstić information content (AvgIpc) is 3.02. The van der Waals surface area contributed by atoms with Gasteiger partial charge >= 0.3 is 11.5 Å². The Balaban J connectivity index is 1.11. The molecule has 5 rings (SSSR count). The van der Waals surface area contributed by atoms with Crippen LogP contribution in [0.3, 0.4) is 0 Å². The van der Waals surface area contributed by atoms with E-state index in [1.54, 1.807) is 9.80 Å². The molecular weight excluding hydrogens is 449 g/mol. The molecule has 1 aromatic rings. The first kappa shape index (κ1) is 21.5. The van der Waals surface area contributed by atoms with Crippen molar-refractivity contribution >= 4 is 21.8 Å². The number of halogens is 3. The standard InChI is InChI=1S/C20H23F3N4O4S/c21-20(22,23)32(30,31)15-4-13(7-24-8-15)3-14-5-18(6-14)9-26(10-18)17(29)27-11-19(12-27)2-1-16(28)25-19/h4,7-8,14H,1-3,5-6,9-12H2,(H,25,28). The summed E-state index contributed by atoms with van der Waals surface area (Å²) < 4.78 is 61.5. The number of aromatic nitrogens is 1. The molecule has 1 aromatic heterocycles. The van der Waals surface area contributed by atoms with Crippen LogP contribution in [0.4, 0.5) is 18.0 Å². The molecule has 0 atom stereocenters. The summed E-state index contributed by atoms with van der Waals surface area (Å²) in [6.45, 7) is 2.40. The van der Waals surface area contributed by atoms with E-state index in [2.05, 4.69) is 10.3 Å². The van der Waals surface area contributed by atoms with Crippen LogP contribution in [0.25, 0.3) is 0 Å². The Morgan fingerprint density at radius 2 is 1.81 bits per heavy atom. The predicted molar refractivity (Wildman–Crippen MR) is 105 cm³/mol. The van der Waals surface area contributed by atoms with E-state index in [4.69, 9.17) is 0 Å². The molecule has 0 bridgehead atoms. The molecule has 1 saturated carbocycles. The summed E-state index contributed by atoms with van der Waals surface area (Å²) in [6, 6.07) is 1.04. The van der Waals surface area contributed by atoms with Gasteiger partial charge in [0.1, 0.15) is 0 Å². The van der Waals surface area contributed by atoms with Crippen LogP contribution < -0.4 is 5.32 Å². The lowest BCUT2D eigenvalue weighted by atomic mass is 9.56. The van der Waals surface area contributed by atoms with Crippen molar-refractivity contribution in [3.63, 3.8) is 0 Å². The van der Waals surface area contributed by atoms with Crippen LogP contribution in [0.1, 0.15) is 31.2 Å². The lowest BCUT2D eigenvalue weighted by molar-refractivity contribution is -0.120. The summed E-state index contributed by atoms with van der Waals surface area (Å²) in [4.78, 5) is 30.5. The van der Waals surface area contributed by atoms with Crippen LogP contribution in [0.5, 0.6) is 0 Å². The molecule has 8 nitrogen and oxygen atoms in total. The fourth-order valence-corrected chi connectivity index (χ4v) is 6.46. The van der Waals surface area contributed by atoms with E-state index < -0.39 is 20.2 Å². The molecule has 0 aromatic carbocycles. The summed E-state index contributed by atoms with van der Waals surface area (Å²) in [5.41, 5.74) is -5.08. The van der Waals surface area contributed by atoms with E-state index in [1.807, 2.05) is 0 Å². The SMILES string of the molecule is O=C1CCC2(CN(C(=O)N3CC4(CC(Cc5cncc(S(=O)(=O)C(F)(F)F)c5)C4)C3)C2)N1. The van der Waals surface area contributed by atoms with Crippen molar-refractivity contribution < 1.29 is 31.2 Å². The van der Waals surface area contributed by atoms with Gasteiger partial charge in [-0.2, -0.15) is 13.2 Å². The van der Waals surface area contributed by atoms with Crippen molar-refractivity contribution in [2.45, 2.75) is 48.0 Å². The van der Waals surface area contributed by atoms with E-state index in [0.717, 1.165) is 31.5 Å². The quantitative estimate of drug-likeness (QED) is 0.722. The second-order valence-electron chi connectivity index (χ2n) is 9.78. The molecule has 32 heavy (non-hydrogen) atoms. The molecule has 174 valence electrons. The monoisotopic (exact) mass is 472 g/mol. The molecule has 3 saturated heterocycles. The van der Waals surface area contributed by atoms with Gasteiger partial charge in [0.2, 0.25) is 5.91 Å². The molecular formula is C20H23F3N4O4S. The minimum Gasteiger partial charge on any atom is -0.347 e. The van der Waals surface area contributed by atoms with E-state index in [9.17, 15) is 31.2 Å². The fraction of sp³-hybridized carbons (Fsp3) is 0.650. The van der Waals surface area contributed by atoms with E-state index in [-0.39, 0.29) is 28.8 Å². The molecule has 3 aliphatic heterocycles. The topological polar surface area (TPSA) is 99.7 Å². The maximum absolute atomic E-state index is 12.8. The van der Waals surface area contributed by atoms with Crippen molar-refractivity contribution in [2.75, 3.05) is 26.2 Å². The molecule has 0 unspecified atom stereocenters. The number of nitrogens with one attached hydrogen (secondary N) is 1. The average molecular weight is 472 g/mol. The number of carbonyl (C=O) groups is 2. The van der Waals surface area contributed by atoms with Crippen LogP contribution in [0.15, 0.2) is 23.4 Å².